The van der Waals surface area contributed by atoms with Gasteiger partial charge in [-0.05, 0) is 37.5 Å². The second-order valence-corrected chi connectivity index (χ2v) is 5.84. The quantitative estimate of drug-likeness (QED) is 0.932. The molecular formula is C14H18N2O2S. The molecule has 0 aliphatic heterocycles. The zero-order valence-electron chi connectivity index (χ0n) is 11.2. The molecule has 0 saturated heterocycles. The van der Waals surface area contributed by atoms with E-state index in [1.54, 1.807) is 25.6 Å². The van der Waals surface area contributed by atoms with Gasteiger partial charge >= 0.3 is 0 Å². The highest BCUT2D eigenvalue weighted by Gasteiger charge is 2.27. The second-order valence-electron chi connectivity index (χ2n) is 4.81. The first-order valence-electron chi connectivity index (χ1n) is 6.54. The van der Waals surface area contributed by atoms with E-state index in [0.717, 1.165) is 33.9 Å². The van der Waals surface area contributed by atoms with Crippen molar-refractivity contribution in [3.8, 4) is 5.75 Å². The summed E-state index contributed by atoms with van der Waals surface area (Å²) in [6.07, 6.45) is 3.81. The van der Waals surface area contributed by atoms with Gasteiger partial charge in [0.25, 0.3) is 0 Å². The number of aromatic nitrogens is 1. The minimum absolute atomic E-state index is 0.307. The largest absolute Gasteiger partial charge is 0.497 e. The van der Waals surface area contributed by atoms with E-state index in [0.29, 0.717) is 12.1 Å². The molecule has 1 aliphatic carbocycles. The van der Waals surface area contributed by atoms with Crippen LogP contribution in [-0.4, -0.2) is 31.3 Å². The van der Waals surface area contributed by atoms with Crippen molar-refractivity contribution < 1.29 is 9.47 Å². The van der Waals surface area contributed by atoms with Crippen LogP contribution in [0.1, 0.15) is 19.3 Å². The normalized spacial score (nSPS) is 22.8. The minimum atomic E-state index is 0.307. The van der Waals surface area contributed by atoms with Gasteiger partial charge < -0.3 is 14.8 Å². The maximum absolute atomic E-state index is 5.50. The Morgan fingerprint density at radius 3 is 3.00 bits per heavy atom. The fourth-order valence-corrected chi connectivity index (χ4v) is 3.58. The van der Waals surface area contributed by atoms with Gasteiger partial charge in [0.2, 0.25) is 0 Å². The fourth-order valence-electron chi connectivity index (χ4n) is 2.63. The van der Waals surface area contributed by atoms with E-state index < -0.39 is 0 Å². The Balaban J connectivity index is 1.81. The Bertz CT molecular complexity index is 570. The van der Waals surface area contributed by atoms with Gasteiger partial charge in [-0.2, -0.15) is 0 Å². The van der Waals surface area contributed by atoms with Crippen molar-refractivity contribution in [1.82, 2.24) is 4.98 Å². The molecule has 0 spiro atoms. The highest BCUT2D eigenvalue weighted by molar-refractivity contribution is 7.22. The summed E-state index contributed by atoms with van der Waals surface area (Å²) in [7, 11) is 3.47. The summed E-state index contributed by atoms with van der Waals surface area (Å²) >= 11 is 1.67. The minimum Gasteiger partial charge on any atom is -0.497 e. The van der Waals surface area contributed by atoms with Crippen LogP contribution in [0.2, 0.25) is 0 Å². The van der Waals surface area contributed by atoms with E-state index in [9.17, 15) is 0 Å². The smallest absolute Gasteiger partial charge is 0.184 e. The van der Waals surface area contributed by atoms with Crippen LogP contribution in [0, 0.1) is 0 Å². The Kier molecular flexibility index (Phi) is 3.57. The standard InChI is InChI=1S/C14H18N2O2S/c1-17-9-6-7-11-13(8-9)19-14(16-11)15-10-4-3-5-12(10)18-2/h6-8,10,12H,3-5H2,1-2H3,(H,15,16). The lowest BCUT2D eigenvalue weighted by Crippen LogP contribution is -2.29. The van der Waals surface area contributed by atoms with Crippen LogP contribution >= 0.6 is 11.3 Å². The molecule has 1 heterocycles. The van der Waals surface area contributed by atoms with Crippen LogP contribution < -0.4 is 10.1 Å². The Labute approximate surface area is 116 Å². The molecule has 1 aliphatic rings. The third-order valence-electron chi connectivity index (χ3n) is 3.66. The van der Waals surface area contributed by atoms with Crippen LogP contribution in [0.15, 0.2) is 18.2 Å². The molecule has 4 nitrogen and oxygen atoms in total. The zero-order valence-corrected chi connectivity index (χ0v) is 12.0. The summed E-state index contributed by atoms with van der Waals surface area (Å²) in [5.74, 6) is 0.873. The van der Waals surface area contributed by atoms with Crippen molar-refractivity contribution in [2.24, 2.45) is 0 Å². The topological polar surface area (TPSA) is 43.4 Å². The molecule has 2 unspecified atom stereocenters. The number of methoxy groups -OCH3 is 2. The van der Waals surface area contributed by atoms with Crippen molar-refractivity contribution in [2.45, 2.75) is 31.4 Å². The van der Waals surface area contributed by atoms with Crippen molar-refractivity contribution in [2.75, 3.05) is 19.5 Å². The molecule has 19 heavy (non-hydrogen) atoms. The summed E-state index contributed by atoms with van der Waals surface area (Å²) in [5.41, 5.74) is 1.01. The molecule has 2 atom stereocenters. The van der Waals surface area contributed by atoms with E-state index in [4.69, 9.17) is 9.47 Å². The van der Waals surface area contributed by atoms with Gasteiger partial charge in [-0.1, -0.05) is 11.3 Å². The SMILES string of the molecule is COc1ccc2nc(NC3CCCC3OC)sc2c1. The Hall–Kier alpha value is -1.33. The molecule has 102 valence electrons. The lowest BCUT2D eigenvalue weighted by molar-refractivity contribution is 0.101. The Morgan fingerprint density at radius 1 is 1.32 bits per heavy atom. The van der Waals surface area contributed by atoms with Gasteiger partial charge in [-0.15, -0.1) is 0 Å². The number of hydrogen-bond donors (Lipinski definition) is 1. The number of nitrogens with zero attached hydrogens (tertiary/aromatic N) is 1. The number of nitrogens with one attached hydrogen (secondary N) is 1. The third kappa shape index (κ3) is 2.53. The monoisotopic (exact) mass is 278 g/mol. The van der Waals surface area contributed by atoms with Crippen LogP contribution in [0.4, 0.5) is 5.13 Å². The molecule has 3 rings (SSSR count). The number of hydrogen-bond acceptors (Lipinski definition) is 5. The molecular weight excluding hydrogens is 260 g/mol. The first-order valence-corrected chi connectivity index (χ1v) is 7.35. The molecule has 1 aromatic heterocycles. The number of rotatable bonds is 4. The van der Waals surface area contributed by atoms with Crippen LogP contribution in [0.25, 0.3) is 10.2 Å². The molecule has 1 fully saturated rings. The summed E-state index contributed by atoms with van der Waals surface area (Å²) in [5, 5.41) is 4.48. The summed E-state index contributed by atoms with van der Waals surface area (Å²) in [6, 6.07) is 6.35. The predicted octanol–water partition coefficient (Wildman–Crippen LogP) is 3.28. The number of thiazole rings is 1. The summed E-state index contributed by atoms with van der Waals surface area (Å²) < 4.78 is 11.9. The van der Waals surface area contributed by atoms with Gasteiger partial charge in [0.05, 0.1) is 29.5 Å². The van der Waals surface area contributed by atoms with Gasteiger partial charge in [0, 0.05) is 7.11 Å². The predicted molar refractivity (Wildman–Crippen MR) is 78.2 cm³/mol. The first kappa shape index (κ1) is 12.7. The molecule has 0 bridgehead atoms. The maximum Gasteiger partial charge on any atom is 0.184 e. The molecule has 1 aromatic carbocycles. The van der Waals surface area contributed by atoms with E-state index in [1.807, 2.05) is 18.2 Å². The van der Waals surface area contributed by atoms with Gasteiger partial charge in [-0.3, -0.25) is 0 Å². The van der Waals surface area contributed by atoms with Crippen LogP contribution in [0.3, 0.4) is 0 Å². The van der Waals surface area contributed by atoms with Crippen molar-refractivity contribution in [1.29, 1.82) is 0 Å². The van der Waals surface area contributed by atoms with Gasteiger partial charge in [0.15, 0.2) is 5.13 Å². The average molecular weight is 278 g/mol. The van der Waals surface area contributed by atoms with E-state index in [-0.39, 0.29) is 0 Å². The Morgan fingerprint density at radius 2 is 2.21 bits per heavy atom. The molecule has 5 heteroatoms. The molecule has 1 saturated carbocycles. The number of benzene rings is 1. The lowest BCUT2D eigenvalue weighted by Gasteiger charge is -2.18. The summed E-state index contributed by atoms with van der Waals surface area (Å²) in [6.45, 7) is 0. The first-order chi connectivity index (χ1) is 9.30. The van der Waals surface area contributed by atoms with Crippen LogP contribution in [-0.2, 0) is 4.74 Å². The highest BCUT2D eigenvalue weighted by Crippen LogP contribution is 2.32. The van der Waals surface area contributed by atoms with Gasteiger partial charge in [-0.25, -0.2) is 4.98 Å². The summed E-state index contributed by atoms with van der Waals surface area (Å²) in [4.78, 5) is 4.62. The molecule has 0 radical (unpaired) electrons. The highest BCUT2D eigenvalue weighted by atomic mass is 32.1. The molecule has 1 N–H and O–H groups in total. The maximum atomic E-state index is 5.50. The lowest BCUT2D eigenvalue weighted by atomic mass is 10.2. The second kappa shape index (κ2) is 5.35. The van der Waals surface area contributed by atoms with E-state index in [1.165, 1.54) is 6.42 Å². The fraction of sp³-hybridized carbons (Fsp3) is 0.500. The van der Waals surface area contributed by atoms with Crippen LogP contribution in [0.5, 0.6) is 5.75 Å². The average Bonchev–Trinajstić information content (AvgIpc) is 3.03. The van der Waals surface area contributed by atoms with E-state index >= 15 is 0 Å². The molecule has 0 amide bonds. The number of anilines is 1. The molecule has 2 aromatic rings. The van der Waals surface area contributed by atoms with E-state index in [2.05, 4.69) is 10.3 Å². The van der Waals surface area contributed by atoms with Crippen molar-refractivity contribution in [3.05, 3.63) is 18.2 Å². The van der Waals surface area contributed by atoms with Crippen molar-refractivity contribution >= 4 is 26.7 Å². The number of ether oxygens (including phenoxy) is 2. The third-order valence-corrected chi connectivity index (χ3v) is 4.61. The number of fused-ring (bicyclic) bond motifs is 1. The van der Waals surface area contributed by atoms with Crippen molar-refractivity contribution in [3.63, 3.8) is 0 Å². The van der Waals surface area contributed by atoms with Gasteiger partial charge in [0.1, 0.15) is 5.75 Å². The zero-order chi connectivity index (χ0) is 13.2.